The van der Waals surface area contributed by atoms with Gasteiger partial charge >= 0.3 is 0 Å². The number of nitrogens with zero attached hydrogens (tertiary/aromatic N) is 1. The Morgan fingerprint density at radius 3 is 2.72 bits per heavy atom. The van der Waals surface area contributed by atoms with Crippen LogP contribution in [0.25, 0.3) is 0 Å². The van der Waals surface area contributed by atoms with Gasteiger partial charge in [-0.15, -0.1) is 0 Å². The molecule has 0 spiro atoms. The monoisotopic (exact) mass is 332 g/mol. The van der Waals surface area contributed by atoms with Crippen molar-refractivity contribution in [3.8, 4) is 5.75 Å². The summed E-state index contributed by atoms with van der Waals surface area (Å²) in [5.41, 5.74) is 3.98. The second-order valence-corrected chi connectivity index (χ2v) is 6.73. The Bertz CT molecular complexity index is 810. The standard InChI is InChI=1S/C22H24N2O/c1-2-7-18(8-3-1)16-24-12-6-10-21(24)15-23-14-19-13-20-9-4-5-11-22(20)25-17-19/h1-12,19,23H,13-17H2/t19-/m0/s1. The third kappa shape index (κ3) is 3.94. The summed E-state index contributed by atoms with van der Waals surface area (Å²) in [6.07, 6.45) is 3.25. The molecule has 0 radical (unpaired) electrons. The molecule has 2 aromatic carbocycles. The topological polar surface area (TPSA) is 26.2 Å². The summed E-state index contributed by atoms with van der Waals surface area (Å²) in [4.78, 5) is 0. The molecule has 1 aliphatic rings. The summed E-state index contributed by atoms with van der Waals surface area (Å²) in [5.74, 6) is 1.59. The minimum absolute atomic E-state index is 0.535. The summed E-state index contributed by atoms with van der Waals surface area (Å²) in [6, 6.07) is 23.3. The number of rotatable bonds is 6. The minimum atomic E-state index is 0.535. The van der Waals surface area contributed by atoms with Gasteiger partial charge in [-0.05, 0) is 35.7 Å². The highest BCUT2D eigenvalue weighted by atomic mass is 16.5. The molecule has 1 N–H and O–H groups in total. The van der Waals surface area contributed by atoms with Gasteiger partial charge in [-0.3, -0.25) is 0 Å². The van der Waals surface area contributed by atoms with Crippen molar-refractivity contribution in [2.45, 2.75) is 19.5 Å². The van der Waals surface area contributed by atoms with Crippen molar-refractivity contribution in [3.63, 3.8) is 0 Å². The summed E-state index contributed by atoms with van der Waals surface area (Å²) in [7, 11) is 0. The zero-order chi connectivity index (χ0) is 16.9. The largest absolute Gasteiger partial charge is 0.493 e. The van der Waals surface area contributed by atoms with E-state index >= 15 is 0 Å². The van der Waals surface area contributed by atoms with Crippen LogP contribution in [-0.4, -0.2) is 17.7 Å². The molecule has 4 rings (SSSR count). The fraction of sp³-hybridized carbons (Fsp3) is 0.273. The van der Waals surface area contributed by atoms with Gasteiger partial charge in [-0.2, -0.15) is 0 Å². The van der Waals surface area contributed by atoms with E-state index < -0.39 is 0 Å². The van der Waals surface area contributed by atoms with Crippen LogP contribution in [0.2, 0.25) is 0 Å². The van der Waals surface area contributed by atoms with Gasteiger partial charge in [0, 0.05) is 37.4 Å². The molecule has 3 heteroatoms. The van der Waals surface area contributed by atoms with E-state index in [2.05, 4.69) is 76.7 Å². The first-order chi connectivity index (χ1) is 12.4. The van der Waals surface area contributed by atoms with E-state index in [1.807, 2.05) is 6.07 Å². The van der Waals surface area contributed by atoms with E-state index in [9.17, 15) is 0 Å². The first-order valence-electron chi connectivity index (χ1n) is 8.98. The zero-order valence-electron chi connectivity index (χ0n) is 14.4. The van der Waals surface area contributed by atoms with Gasteiger partial charge in [0.15, 0.2) is 0 Å². The van der Waals surface area contributed by atoms with Crippen molar-refractivity contribution >= 4 is 0 Å². The number of para-hydroxylation sites is 1. The van der Waals surface area contributed by atoms with Crippen molar-refractivity contribution in [3.05, 3.63) is 89.7 Å². The molecule has 3 nitrogen and oxygen atoms in total. The Morgan fingerprint density at radius 1 is 0.960 bits per heavy atom. The SMILES string of the molecule is c1ccc(Cn2cccc2CNC[C@H]2COc3ccccc3C2)cc1. The fourth-order valence-corrected chi connectivity index (χ4v) is 3.47. The van der Waals surface area contributed by atoms with Gasteiger partial charge in [0.1, 0.15) is 5.75 Å². The minimum Gasteiger partial charge on any atom is -0.493 e. The van der Waals surface area contributed by atoms with Crippen LogP contribution in [0.15, 0.2) is 72.9 Å². The van der Waals surface area contributed by atoms with E-state index in [-0.39, 0.29) is 0 Å². The van der Waals surface area contributed by atoms with Crippen LogP contribution in [0.5, 0.6) is 5.75 Å². The molecule has 0 saturated heterocycles. The number of aromatic nitrogens is 1. The molecular formula is C22H24N2O. The smallest absolute Gasteiger partial charge is 0.122 e. The Morgan fingerprint density at radius 2 is 1.80 bits per heavy atom. The van der Waals surface area contributed by atoms with Crippen molar-refractivity contribution < 1.29 is 4.74 Å². The second kappa shape index (κ2) is 7.58. The molecule has 0 bridgehead atoms. The van der Waals surface area contributed by atoms with Crippen LogP contribution in [0, 0.1) is 5.92 Å². The number of hydrogen-bond donors (Lipinski definition) is 1. The molecule has 0 amide bonds. The third-order valence-corrected chi connectivity index (χ3v) is 4.81. The average Bonchev–Trinajstić information content (AvgIpc) is 3.09. The van der Waals surface area contributed by atoms with Crippen molar-refractivity contribution in [1.82, 2.24) is 9.88 Å². The second-order valence-electron chi connectivity index (χ2n) is 6.73. The number of hydrogen-bond acceptors (Lipinski definition) is 2. The highest BCUT2D eigenvalue weighted by Crippen LogP contribution is 2.26. The lowest BCUT2D eigenvalue weighted by Crippen LogP contribution is -2.31. The van der Waals surface area contributed by atoms with E-state index in [1.54, 1.807) is 0 Å². The molecule has 25 heavy (non-hydrogen) atoms. The van der Waals surface area contributed by atoms with Gasteiger partial charge < -0.3 is 14.6 Å². The lowest BCUT2D eigenvalue weighted by Gasteiger charge is -2.25. The lowest BCUT2D eigenvalue weighted by atomic mass is 9.97. The maximum atomic E-state index is 5.88. The summed E-state index contributed by atoms with van der Waals surface area (Å²) in [5, 5.41) is 3.61. The first-order valence-corrected chi connectivity index (χ1v) is 8.98. The molecule has 1 aliphatic heterocycles. The highest BCUT2D eigenvalue weighted by molar-refractivity contribution is 5.35. The number of ether oxygens (including phenoxy) is 1. The normalized spacial score (nSPS) is 16.2. The van der Waals surface area contributed by atoms with Gasteiger partial charge in [0.05, 0.1) is 6.61 Å². The van der Waals surface area contributed by atoms with Gasteiger partial charge in [0.2, 0.25) is 0 Å². The van der Waals surface area contributed by atoms with Crippen LogP contribution in [0.4, 0.5) is 0 Å². The van der Waals surface area contributed by atoms with Crippen LogP contribution in [0.3, 0.4) is 0 Å². The highest BCUT2D eigenvalue weighted by Gasteiger charge is 2.19. The van der Waals surface area contributed by atoms with Crippen LogP contribution in [0.1, 0.15) is 16.8 Å². The predicted molar refractivity (Wildman–Crippen MR) is 101 cm³/mol. The van der Waals surface area contributed by atoms with E-state index in [0.29, 0.717) is 5.92 Å². The maximum Gasteiger partial charge on any atom is 0.122 e. The fourth-order valence-electron chi connectivity index (χ4n) is 3.47. The van der Waals surface area contributed by atoms with Gasteiger partial charge in [-0.1, -0.05) is 48.5 Å². The maximum absolute atomic E-state index is 5.88. The quantitative estimate of drug-likeness (QED) is 0.741. The first kappa shape index (κ1) is 16.0. The molecule has 0 unspecified atom stereocenters. The Labute approximate surface area is 149 Å². The zero-order valence-corrected chi connectivity index (χ0v) is 14.4. The molecular weight excluding hydrogens is 308 g/mol. The molecule has 3 aromatic rings. The third-order valence-electron chi connectivity index (χ3n) is 4.81. The number of nitrogens with one attached hydrogen (secondary N) is 1. The van der Waals surface area contributed by atoms with Gasteiger partial charge in [-0.25, -0.2) is 0 Å². The van der Waals surface area contributed by atoms with Crippen molar-refractivity contribution in [2.24, 2.45) is 5.92 Å². The molecule has 0 aliphatic carbocycles. The molecule has 0 saturated carbocycles. The Kier molecular flexibility index (Phi) is 4.84. The summed E-state index contributed by atoms with van der Waals surface area (Å²) in [6.45, 7) is 3.59. The molecule has 128 valence electrons. The Balaban J connectivity index is 1.31. The van der Waals surface area contributed by atoms with Crippen molar-refractivity contribution in [2.75, 3.05) is 13.2 Å². The Hall–Kier alpha value is -2.52. The number of benzene rings is 2. The molecule has 1 aromatic heterocycles. The molecule has 2 heterocycles. The van der Waals surface area contributed by atoms with Gasteiger partial charge in [0.25, 0.3) is 0 Å². The van der Waals surface area contributed by atoms with Crippen LogP contribution < -0.4 is 10.1 Å². The van der Waals surface area contributed by atoms with Crippen molar-refractivity contribution in [1.29, 1.82) is 0 Å². The predicted octanol–water partition coefficient (Wildman–Crippen LogP) is 3.88. The molecule has 0 fully saturated rings. The summed E-state index contributed by atoms with van der Waals surface area (Å²) >= 11 is 0. The summed E-state index contributed by atoms with van der Waals surface area (Å²) < 4.78 is 8.20. The van der Waals surface area contributed by atoms with E-state index in [0.717, 1.165) is 38.4 Å². The van der Waals surface area contributed by atoms with Crippen LogP contribution in [-0.2, 0) is 19.5 Å². The van der Waals surface area contributed by atoms with E-state index in [1.165, 1.54) is 16.8 Å². The lowest BCUT2D eigenvalue weighted by molar-refractivity contribution is 0.218. The average molecular weight is 332 g/mol. The molecule has 1 atom stereocenters. The number of fused-ring (bicyclic) bond motifs is 1. The van der Waals surface area contributed by atoms with E-state index in [4.69, 9.17) is 4.74 Å². The van der Waals surface area contributed by atoms with Crippen LogP contribution >= 0.6 is 0 Å².